The molecule has 1 aromatic heterocycles. The van der Waals surface area contributed by atoms with E-state index in [9.17, 15) is 8.42 Å². The van der Waals surface area contributed by atoms with Crippen LogP contribution in [0.1, 0.15) is 37.8 Å². The van der Waals surface area contributed by atoms with E-state index < -0.39 is 10.0 Å². The molecule has 0 saturated heterocycles. The zero-order valence-corrected chi connectivity index (χ0v) is 10.1. The minimum atomic E-state index is -3.18. The summed E-state index contributed by atoms with van der Waals surface area (Å²) in [4.78, 5) is 7.08. The molecule has 0 fully saturated rings. The van der Waals surface area contributed by atoms with Gasteiger partial charge in [-0.25, -0.2) is 18.1 Å². The molecule has 1 heterocycles. The van der Waals surface area contributed by atoms with Crippen molar-refractivity contribution in [2.45, 2.75) is 33.2 Å². The monoisotopic (exact) mass is 231 g/mol. The number of aromatic amines is 1. The number of imidazole rings is 1. The highest BCUT2D eigenvalue weighted by Crippen LogP contribution is 2.09. The van der Waals surface area contributed by atoms with E-state index in [2.05, 4.69) is 14.7 Å². The first-order valence-corrected chi connectivity index (χ1v) is 6.61. The standard InChI is InChI=1S/C9H17N3O2S/c1-4-5-15(13,14)12-8(3)9-10-6-7(2)11-9/h6,8,12H,4-5H2,1-3H3,(H,10,11)/t8-/m1/s1. The quantitative estimate of drug-likeness (QED) is 0.797. The first-order valence-electron chi connectivity index (χ1n) is 4.96. The third-order valence-electron chi connectivity index (χ3n) is 1.96. The van der Waals surface area contributed by atoms with Crippen LogP contribution >= 0.6 is 0 Å². The fourth-order valence-electron chi connectivity index (χ4n) is 1.31. The molecule has 15 heavy (non-hydrogen) atoms. The first kappa shape index (κ1) is 12.2. The van der Waals surface area contributed by atoms with Crippen molar-refractivity contribution in [3.05, 3.63) is 17.7 Å². The summed E-state index contributed by atoms with van der Waals surface area (Å²) in [6.07, 6.45) is 2.29. The molecule has 0 unspecified atom stereocenters. The lowest BCUT2D eigenvalue weighted by Gasteiger charge is -2.11. The van der Waals surface area contributed by atoms with Gasteiger partial charge in [0.05, 0.1) is 11.8 Å². The van der Waals surface area contributed by atoms with E-state index in [1.807, 2.05) is 13.8 Å². The van der Waals surface area contributed by atoms with Gasteiger partial charge in [0, 0.05) is 11.9 Å². The molecule has 0 amide bonds. The van der Waals surface area contributed by atoms with Crippen LogP contribution in [0.5, 0.6) is 0 Å². The summed E-state index contributed by atoms with van der Waals surface area (Å²) in [6, 6.07) is -0.310. The number of nitrogens with zero attached hydrogens (tertiary/aromatic N) is 1. The van der Waals surface area contributed by atoms with Gasteiger partial charge in [0.2, 0.25) is 10.0 Å². The Bertz CT molecular complexity index is 411. The number of hydrogen-bond acceptors (Lipinski definition) is 3. The van der Waals surface area contributed by atoms with Gasteiger partial charge >= 0.3 is 0 Å². The highest BCUT2D eigenvalue weighted by atomic mass is 32.2. The number of aryl methyl sites for hydroxylation is 1. The lowest BCUT2D eigenvalue weighted by molar-refractivity contribution is 0.560. The van der Waals surface area contributed by atoms with Crippen molar-refractivity contribution in [1.82, 2.24) is 14.7 Å². The van der Waals surface area contributed by atoms with Crippen molar-refractivity contribution in [3.63, 3.8) is 0 Å². The van der Waals surface area contributed by atoms with Crippen LogP contribution in [0.25, 0.3) is 0 Å². The molecular formula is C9H17N3O2S. The molecule has 0 spiro atoms. The first-order chi connectivity index (χ1) is 6.94. The topological polar surface area (TPSA) is 74.8 Å². The second-order valence-electron chi connectivity index (χ2n) is 3.61. The predicted octanol–water partition coefficient (Wildman–Crippen LogP) is 1.11. The second-order valence-corrected chi connectivity index (χ2v) is 5.48. The van der Waals surface area contributed by atoms with Gasteiger partial charge in [-0.2, -0.15) is 0 Å². The van der Waals surface area contributed by atoms with Gasteiger partial charge in [-0.3, -0.25) is 0 Å². The van der Waals surface area contributed by atoms with Crippen molar-refractivity contribution in [2.75, 3.05) is 5.75 Å². The van der Waals surface area contributed by atoms with Gasteiger partial charge in [0.15, 0.2) is 0 Å². The minimum Gasteiger partial charge on any atom is -0.345 e. The molecule has 0 aliphatic carbocycles. The van der Waals surface area contributed by atoms with E-state index in [0.29, 0.717) is 12.2 Å². The van der Waals surface area contributed by atoms with Crippen molar-refractivity contribution < 1.29 is 8.42 Å². The Morgan fingerprint density at radius 2 is 2.27 bits per heavy atom. The maximum Gasteiger partial charge on any atom is 0.212 e. The molecule has 1 rings (SSSR count). The molecule has 0 bridgehead atoms. The Kier molecular flexibility index (Phi) is 3.87. The number of sulfonamides is 1. The Morgan fingerprint density at radius 1 is 1.60 bits per heavy atom. The summed E-state index contributed by atoms with van der Waals surface area (Å²) in [5.74, 6) is 0.795. The molecule has 1 atom stereocenters. The van der Waals surface area contributed by atoms with E-state index in [1.165, 1.54) is 0 Å². The summed E-state index contributed by atoms with van der Waals surface area (Å²) >= 11 is 0. The molecule has 0 aromatic carbocycles. The van der Waals surface area contributed by atoms with Crippen LogP contribution in [0.15, 0.2) is 6.20 Å². The van der Waals surface area contributed by atoms with Gasteiger partial charge in [0.25, 0.3) is 0 Å². The smallest absolute Gasteiger partial charge is 0.212 e. The number of aromatic nitrogens is 2. The lowest BCUT2D eigenvalue weighted by Crippen LogP contribution is -2.29. The highest BCUT2D eigenvalue weighted by molar-refractivity contribution is 7.89. The van der Waals surface area contributed by atoms with E-state index in [-0.39, 0.29) is 11.8 Å². The van der Waals surface area contributed by atoms with Crippen LogP contribution in [0.2, 0.25) is 0 Å². The maximum absolute atomic E-state index is 11.5. The van der Waals surface area contributed by atoms with Crippen molar-refractivity contribution in [3.8, 4) is 0 Å². The largest absolute Gasteiger partial charge is 0.345 e. The summed E-state index contributed by atoms with van der Waals surface area (Å²) in [5.41, 5.74) is 0.923. The van der Waals surface area contributed by atoms with E-state index in [1.54, 1.807) is 13.1 Å². The number of hydrogen-bond donors (Lipinski definition) is 2. The average Bonchev–Trinajstić information content (AvgIpc) is 2.50. The molecule has 0 radical (unpaired) electrons. The third-order valence-corrected chi connectivity index (χ3v) is 3.62. The van der Waals surface area contributed by atoms with Crippen LogP contribution in [0.3, 0.4) is 0 Å². The molecular weight excluding hydrogens is 214 g/mol. The molecule has 2 N–H and O–H groups in total. The Morgan fingerprint density at radius 3 is 2.73 bits per heavy atom. The van der Waals surface area contributed by atoms with Gasteiger partial charge < -0.3 is 4.98 Å². The number of rotatable bonds is 5. The zero-order chi connectivity index (χ0) is 11.5. The average molecular weight is 231 g/mol. The van der Waals surface area contributed by atoms with Crippen LogP contribution in [-0.2, 0) is 10.0 Å². The fourth-order valence-corrected chi connectivity index (χ4v) is 2.61. The predicted molar refractivity (Wildman–Crippen MR) is 59.0 cm³/mol. The van der Waals surface area contributed by atoms with Crippen molar-refractivity contribution in [1.29, 1.82) is 0 Å². The Balaban J connectivity index is 2.67. The highest BCUT2D eigenvalue weighted by Gasteiger charge is 2.16. The van der Waals surface area contributed by atoms with Gasteiger partial charge in [-0.05, 0) is 20.3 Å². The van der Waals surface area contributed by atoms with E-state index in [4.69, 9.17) is 0 Å². The molecule has 0 saturated carbocycles. The zero-order valence-electron chi connectivity index (χ0n) is 9.24. The fraction of sp³-hybridized carbons (Fsp3) is 0.667. The van der Waals surface area contributed by atoms with Gasteiger partial charge in [-0.15, -0.1) is 0 Å². The van der Waals surface area contributed by atoms with Crippen LogP contribution in [0, 0.1) is 6.92 Å². The Labute approximate surface area is 90.4 Å². The molecule has 0 aliphatic heterocycles. The van der Waals surface area contributed by atoms with Crippen LogP contribution in [-0.4, -0.2) is 24.1 Å². The minimum absolute atomic E-state index is 0.150. The Hall–Kier alpha value is -0.880. The molecule has 86 valence electrons. The van der Waals surface area contributed by atoms with Gasteiger partial charge in [-0.1, -0.05) is 6.92 Å². The number of H-pyrrole nitrogens is 1. The van der Waals surface area contributed by atoms with Gasteiger partial charge in [0.1, 0.15) is 5.82 Å². The molecule has 0 aliphatic rings. The third kappa shape index (κ3) is 3.64. The molecule has 5 nitrogen and oxygen atoms in total. The summed E-state index contributed by atoms with van der Waals surface area (Å²) in [7, 11) is -3.18. The molecule has 1 aromatic rings. The van der Waals surface area contributed by atoms with Crippen LogP contribution in [0.4, 0.5) is 0 Å². The summed E-state index contributed by atoms with van der Waals surface area (Å²) in [5, 5.41) is 0. The molecule has 6 heteroatoms. The summed E-state index contributed by atoms with van der Waals surface area (Å²) in [6.45, 7) is 5.48. The maximum atomic E-state index is 11.5. The van der Waals surface area contributed by atoms with Crippen LogP contribution < -0.4 is 4.72 Å². The van der Waals surface area contributed by atoms with Crippen molar-refractivity contribution in [2.24, 2.45) is 0 Å². The van der Waals surface area contributed by atoms with E-state index >= 15 is 0 Å². The van der Waals surface area contributed by atoms with E-state index in [0.717, 1.165) is 5.69 Å². The SMILES string of the molecule is CCCS(=O)(=O)N[C@H](C)c1ncc(C)[nH]1. The normalized spacial score (nSPS) is 14.1. The summed E-state index contributed by atoms with van der Waals surface area (Å²) < 4.78 is 25.5. The van der Waals surface area contributed by atoms with Crippen molar-refractivity contribution >= 4 is 10.0 Å². The lowest BCUT2D eigenvalue weighted by atomic mass is 10.3. The number of nitrogens with one attached hydrogen (secondary N) is 2. The second kappa shape index (κ2) is 4.76.